The van der Waals surface area contributed by atoms with E-state index >= 15 is 0 Å². The Bertz CT molecular complexity index is 3760. The van der Waals surface area contributed by atoms with Crippen LogP contribution in [0.25, 0.3) is 38.6 Å². The molecule has 11 aromatic rings. The molecular weight excluding hydrogens is 843 g/mol. The molecule has 1 aromatic heterocycles. The standard InChI is InChI=1S/C64H45N3S/c1-63(2)50-25-11-9-23-47(50)48-38-37-46(41-55(48)63)65(42-19-5-3-6-20-42)44-33-35-45(36-34-44)66-56-29-15-10-24-49(56)61-59(66)40-39-54-62(61)68-60-32-18-14-28-53(60)64(54)51-26-12-16-30-57(51)67(43-21-7-4-8-22-43)58-31-17-13-27-52(58)64/h3-41H,1-2H3. The van der Waals surface area contributed by atoms with Crippen molar-refractivity contribution in [1.29, 1.82) is 0 Å². The second-order valence-corrected chi connectivity index (χ2v) is 19.9. The van der Waals surface area contributed by atoms with E-state index in [2.05, 4.69) is 265 Å². The zero-order valence-corrected chi connectivity index (χ0v) is 38.6. The molecule has 3 nitrogen and oxygen atoms in total. The fourth-order valence-electron chi connectivity index (χ4n) is 12.1. The average Bonchev–Trinajstić information content (AvgIpc) is 3.85. The summed E-state index contributed by atoms with van der Waals surface area (Å²) in [4.78, 5) is 7.45. The number of para-hydroxylation sites is 5. The summed E-state index contributed by atoms with van der Waals surface area (Å²) in [7, 11) is 0. The van der Waals surface area contributed by atoms with Gasteiger partial charge in [0, 0.05) is 54.4 Å². The Kier molecular flexibility index (Phi) is 8.48. The maximum atomic E-state index is 2.48. The molecule has 0 bridgehead atoms. The highest BCUT2D eigenvalue weighted by molar-refractivity contribution is 7.99. The van der Waals surface area contributed by atoms with E-state index in [1.54, 1.807) is 0 Å². The van der Waals surface area contributed by atoms with Crippen molar-refractivity contribution < 1.29 is 0 Å². The summed E-state index contributed by atoms with van der Waals surface area (Å²) in [6.07, 6.45) is 0. The Labute approximate surface area is 401 Å². The Balaban J connectivity index is 0.957. The highest BCUT2D eigenvalue weighted by Crippen LogP contribution is 2.64. The van der Waals surface area contributed by atoms with Crippen molar-refractivity contribution in [3.63, 3.8) is 0 Å². The van der Waals surface area contributed by atoms with Crippen LogP contribution in [0.4, 0.5) is 34.1 Å². The van der Waals surface area contributed by atoms with Crippen molar-refractivity contribution >= 4 is 67.7 Å². The lowest BCUT2D eigenvalue weighted by atomic mass is 9.62. The first-order valence-electron chi connectivity index (χ1n) is 23.6. The van der Waals surface area contributed by atoms with Crippen molar-refractivity contribution in [3.05, 3.63) is 270 Å². The van der Waals surface area contributed by atoms with Gasteiger partial charge in [-0.2, -0.15) is 0 Å². The molecular formula is C64H45N3S. The Hall–Kier alpha value is -8.05. The van der Waals surface area contributed by atoms with E-state index < -0.39 is 5.41 Å². The molecule has 322 valence electrons. The van der Waals surface area contributed by atoms with Gasteiger partial charge >= 0.3 is 0 Å². The molecule has 0 radical (unpaired) electrons. The van der Waals surface area contributed by atoms with Gasteiger partial charge in [-0.25, -0.2) is 0 Å². The molecule has 10 aromatic carbocycles. The molecule has 0 amide bonds. The maximum Gasteiger partial charge on any atom is 0.0764 e. The number of benzene rings is 10. The van der Waals surface area contributed by atoms with E-state index in [9.17, 15) is 0 Å². The fraction of sp³-hybridized carbons (Fsp3) is 0.0625. The van der Waals surface area contributed by atoms with Gasteiger partial charge in [0.05, 0.1) is 27.8 Å². The number of nitrogens with zero attached hydrogens (tertiary/aromatic N) is 3. The second-order valence-electron chi connectivity index (χ2n) is 18.8. The summed E-state index contributed by atoms with van der Waals surface area (Å²) in [6.45, 7) is 4.71. The van der Waals surface area contributed by atoms with E-state index in [0.29, 0.717) is 0 Å². The minimum absolute atomic E-state index is 0.101. The SMILES string of the molecule is CC1(C)c2ccccc2-c2ccc(N(c3ccccc3)c3ccc(-n4c5ccccc5c5c6c(ccc54)C4(c5ccccc5S6)c5ccccc5N(c5ccccc5)c5ccccc54)cc3)cc21. The summed E-state index contributed by atoms with van der Waals surface area (Å²) < 4.78 is 2.48. The molecule has 1 spiro atoms. The molecule has 68 heavy (non-hydrogen) atoms. The molecule has 0 unspecified atom stereocenters. The zero-order valence-electron chi connectivity index (χ0n) is 37.8. The lowest BCUT2D eigenvalue weighted by Crippen LogP contribution is -2.39. The summed E-state index contributed by atoms with van der Waals surface area (Å²) in [5, 5.41) is 2.54. The van der Waals surface area contributed by atoms with Gasteiger partial charge in [0.1, 0.15) is 0 Å². The molecule has 0 atom stereocenters. The van der Waals surface area contributed by atoms with Crippen molar-refractivity contribution in [2.24, 2.45) is 0 Å². The molecule has 0 N–H and O–H groups in total. The molecule has 3 aliphatic rings. The number of hydrogen-bond donors (Lipinski definition) is 0. The molecule has 0 fully saturated rings. The van der Waals surface area contributed by atoms with Crippen LogP contribution in [-0.4, -0.2) is 4.57 Å². The largest absolute Gasteiger partial charge is 0.310 e. The maximum absolute atomic E-state index is 2.48. The lowest BCUT2D eigenvalue weighted by molar-refractivity contribution is 0.660. The molecule has 3 heterocycles. The topological polar surface area (TPSA) is 11.4 Å². The van der Waals surface area contributed by atoms with Crippen LogP contribution in [0.2, 0.25) is 0 Å². The zero-order chi connectivity index (χ0) is 45.1. The van der Waals surface area contributed by atoms with Gasteiger partial charge in [0.25, 0.3) is 0 Å². The van der Waals surface area contributed by atoms with Gasteiger partial charge in [0.2, 0.25) is 0 Å². The summed E-state index contributed by atoms with van der Waals surface area (Å²) in [6, 6.07) is 87.8. The first-order chi connectivity index (χ1) is 33.5. The number of fused-ring (bicyclic) bond motifs is 15. The van der Waals surface area contributed by atoms with Crippen molar-refractivity contribution in [1.82, 2.24) is 4.57 Å². The highest BCUT2D eigenvalue weighted by atomic mass is 32.2. The monoisotopic (exact) mass is 887 g/mol. The van der Waals surface area contributed by atoms with Crippen molar-refractivity contribution in [3.8, 4) is 16.8 Å². The molecule has 1 aliphatic carbocycles. The lowest BCUT2D eigenvalue weighted by Gasteiger charge is -2.49. The quantitative estimate of drug-likeness (QED) is 0.171. The Morgan fingerprint density at radius 3 is 1.72 bits per heavy atom. The van der Waals surface area contributed by atoms with Gasteiger partial charge in [0.15, 0.2) is 0 Å². The third-order valence-electron chi connectivity index (χ3n) is 15.0. The van der Waals surface area contributed by atoms with Gasteiger partial charge in [-0.1, -0.05) is 171 Å². The Morgan fingerprint density at radius 2 is 0.971 bits per heavy atom. The summed E-state index contributed by atoms with van der Waals surface area (Å²) in [5.41, 5.74) is 20.4. The van der Waals surface area contributed by atoms with Crippen molar-refractivity contribution in [2.45, 2.75) is 34.5 Å². The Morgan fingerprint density at radius 1 is 0.397 bits per heavy atom. The number of aromatic nitrogens is 1. The van der Waals surface area contributed by atoms with Crippen LogP contribution in [0.5, 0.6) is 0 Å². The van der Waals surface area contributed by atoms with Crippen LogP contribution in [0.1, 0.15) is 47.2 Å². The number of hydrogen-bond acceptors (Lipinski definition) is 3. The minimum atomic E-state index is -0.564. The molecule has 0 saturated carbocycles. The molecule has 2 aliphatic heterocycles. The van der Waals surface area contributed by atoms with Crippen LogP contribution >= 0.6 is 11.8 Å². The van der Waals surface area contributed by atoms with Gasteiger partial charge in [-0.15, -0.1) is 0 Å². The minimum Gasteiger partial charge on any atom is -0.310 e. The fourth-order valence-corrected chi connectivity index (χ4v) is 13.5. The molecule has 14 rings (SSSR count). The number of anilines is 6. The molecule has 4 heteroatoms. The van der Waals surface area contributed by atoms with Crippen LogP contribution < -0.4 is 9.80 Å². The van der Waals surface area contributed by atoms with Gasteiger partial charge in [-0.05, 0) is 136 Å². The highest BCUT2D eigenvalue weighted by Gasteiger charge is 2.51. The van der Waals surface area contributed by atoms with E-state index in [1.165, 1.54) is 87.5 Å². The third kappa shape index (κ3) is 5.38. The smallest absolute Gasteiger partial charge is 0.0764 e. The number of rotatable bonds is 5. The van der Waals surface area contributed by atoms with Crippen LogP contribution in [-0.2, 0) is 10.8 Å². The third-order valence-corrected chi connectivity index (χ3v) is 16.2. The predicted molar refractivity (Wildman–Crippen MR) is 284 cm³/mol. The molecule has 0 saturated heterocycles. The van der Waals surface area contributed by atoms with Gasteiger partial charge in [-0.3, -0.25) is 0 Å². The average molecular weight is 888 g/mol. The first-order valence-corrected chi connectivity index (χ1v) is 24.4. The van der Waals surface area contributed by atoms with Gasteiger partial charge < -0.3 is 14.4 Å². The first kappa shape index (κ1) is 39.1. The van der Waals surface area contributed by atoms with E-state index in [1.807, 2.05) is 11.8 Å². The predicted octanol–water partition coefficient (Wildman–Crippen LogP) is 17.2. The van der Waals surface area contributed by atoms with Crippen molar-refractivity contribution in [2.75, 3.05) is 9.80 Å². The summed E-state index contributed by atoms with van der Waals surface area (Å²) in [5.74, 6) is 0. The second kappa shape index (κ2) is 14.7. The van der Waals surface area contributed by atoms with E-state index in [4.69, 9.17) is 0 Å². The van der Waals surface area contributed by atoms with Crippen LogP contribution in [0.3, 0.4) is 0 Å². The normalized spacial score (nSPS) is 14.5. The van der Waals surface area contributed by atoms with Crippen LogP contribution in [0.15, 0.2) is 246 Å². The van der Waals surface area contributed by atoms with E-state index in [-0.39, 0.29) is 5.41 Å². The summed E-state index contributed by atoms with van der Waals surface area (Å²) >= 11 is 1.92. The van der Waals surface area contributed by atoms with E-state index in [0.717, 1.165) is 28.4 Å². The van der Waals surface area contributed by atoms with Crippen LogP contribution in [0, 0.1) is 0 Å².